The van der Waals surface area contributed by atoms with Crippen LogP contribution >= 0.6 is 0 Å². The number of benzene rings is 1. The van der Waals surface area contributed by atoms with Crippen LogP contribution in [-0.2, 0) is 22.5 Å². The van der Waals surface area contributed by atoms with Crippen LogP contribution in [0.15, 0.2) is 47.6 Å². The highest BCUT2D eigenvalue weighted by Crippen LogP contribution is 2.27. The highest BCUT2D eigenvalue weighted by Gasteiger charge is 2.29. The molecule has 2 aromatic rings. The summed E-state index contributed by atoms with van der Waals surface area (Å²) in [6, 6.07) is 11.9. The van der Waals surface area contributed by atoms with E-state index in [1.807, 2.05) is 36.4 Å². The van der Waals surface area contributed by atoms with Gasteiger partial charge in [0, 0.05) is 32.0 Å². The molecule has 1 fully saturated rings. The van der Waals surface area contributed by atoms with Gasteiger partial charge in [-0.2, -0.15) is 0 Å². The van der Waals surface area contributed by atoms with E-state index < -0.39 is 0 Å². The summed E-state index contributed by atoms with van der Waals surface area (Å²) in [5, 5.41) is 6.40. The van der Waals surface area contributed by atoms with E-state index >= 15 is 0 Å². The molecule has 1 aromatic carbocycles. The lowest BCUT2D eigenvalue weighted by atomic mass is 9.99. The van der Waals surface area contributed by atoms with E-state index in [1.165, 1.54) is 0 Å². The zero-order chi connectivity index (χ0) is 18.6. The van der Waals surface area contributed by atoms with Crippen LogP contribution in [0.5, 0.6) is 0 Å². The molecule has 140 valence electrons. The quantitative estimate of drug-likeness (QED) is 0.852. The average Bonchev–Trinajstić information content (AvgIpc) is 3.36. The van der Waals surface area contributed by atoms with Gasteiger partial charge in [-0.3, -0.25) is 14.8 Å². The number of pyridine rings is 1. The first-order chi connectivity index (χ1) is 13.2. The third-order valence-electron chi connectivity index (χ3n) is 5.12. The third-order valence-corrected chi connectivity index (χ3v) is 5.12. The highest BCUT2D eigenvalue weighted by atomic mass is 16.5. The molecule has 6 nitrogen and oxygen atoms in total. The van der Waals surface area contributed by atoms with Crippen molar-refractivity contribution in [1.82, 2.24) is 15.6 Å². The molecule has 1 saturated heterocycles. The van der Waals surface area contributed by atoms with Gasteiger partial charge in [-0.05, 0) is 30.0 Å². The predicted octanol–water partition coefficient (Wildman–Crippen LogP) is 2.14. The molecule has 0 aliphatic carbocycles. The Kier molecular flexibility index (Phi) is 5.16. The van der Waals surface area contributed by atoms with E-state index in [9.17, 15) is 4.79 Å². The summed E-state index contributed by atoms with van der Waals surface area (Å²) in [7, 11) is 1.76. The number of amidine groups is 1. The summed E-state index contributed by atoms with van der Waals surface area (Å²) >= 11 is 0. The summed E-state index contributed by atoms with van der Waals surface area (Å²) in [6.45, 7) is 1.48. The van der Waals surface area contributed by atoms with Gasteiger partial charge in [-0.1, -0.05) is 30.3 Å². The van der Waals surface area contributed by atoms with Gasteiger partial charge in [-0.25, -0.2) is 0 Å². The maximum Gasteiger partial charge on any atom is 0.226 e. The minimum atomic E-state index is -0.129. The van der Waals surface area contributed by atoms with Crippen molar-refractivity contribution in [3.8, 4) is 0 Å². The monoisotopic (exact) mass is 364 g/mol. The van der Waals surface area contributed by atoms with Crippen molar-refractivity contribution >= 4 is 11.7 Å². The Hall–Kier alpha value is -2.73. The number of rotatable bonds is 5. The van der Waals surface area contributed by atoms with Crippen LogP contribution in [0, 0.1) is 0 Å². The number of carbonyl (C=O) groups excluding carboxylic acids is 1. The maximum atomic E-state index is 12.7. The number of hydrogen-bond donors (Lipinski definition) is 2. The first kappa shape index (κ1) is 17.7. The first-order valence-corrected chi connectivity index (χ1v) is 9.39. The second kappa shape index (κ2) is 7.88. The maximum absolute atomic E-state index is 12.7. The average molecular weight is 364 g/mol. The van der Waals surface area contributed by atoms with Crippen molar-refractivity contribution in [3.05, 3.63) is 65.0 Å². The number of aromatic nitrogens is 1. The lowest BCUT2D eigenvalue weighted by Crippen LogP contribution is -2.37. The zero-order valence-corrected chi connectivity index (χ0v) is 15.4. The Labute approximate surface area is 159 Å². The molecular formula is C21H24N4O2. The second-order valence-electron chi connectivity index (χ2n) is 6.94. The summed E-state index contributed by atoms with van der Waals surface area (Å²) in [4.78, 5) is 21.4. The SMILES string of the molecule is CN=C1NCc2cc(CC(=O)N[C@H](c3ccccc3)[C@H]3CCCO3)ncc21. The van der Waals surface area contributed by atoms with Gasteiger partial charge in [0.1, 0.15) is 5.84 Å². The standard InChI is InChI=1S/C21H24N4O2/c1-22-21-17-13-23-16(10-15(17)12-24-21)11-19(26)25-20(18-8-5-9-27-18)14-6-3-2-4-7-14/h2-4,6-7,10,13,18,20H,5,8-9,11-12H2,1H3,(H,22,24)(H,25,26)/t18-,20-/m1/s1. The number of aliphatic imine (C=N–C) groups is 1. The van der Waals surface area contributed by atoms with Crippen LogP contribution in [0.1, 0.15) is 41.3 Å². The smallest absolute Gasteiger partial charge is 0.226 e. The predicted molar refractivity (Wildman–Crippen MR) is 104 cm³/mol. The fourth-order valence-corrected chi connectivity index (χ4v) is 3.78. The minimum Gasteiger partial charge on any atom is -0.376 e. The van der Waals surface area contributed by atoms with Gasteiger partial charge in [0.15, 0.2) is 0 Å². The topological polar surface area (TPSA) is 75.6 Å². The molecule has 6 heteroatoms. The third kappa shape index (κ3) is 3.85. The van der Waals surface area contributed by atoms with E-state index in [1.54, 1.807) is 13.2 Å². The molecule has 27 heavy (non-hydrogen) atoms. The lowest BCUT2D eigenvalue weighted by molar-refractivity contribution is -0.122. The molecule has 3 heterocycles. The van der Waals surface area contributed by atoms with E-state index in [4.69, 9.17) is 4.74 Å². The van der Waals surface area contributed by atoms with Crippen LogP contribution < -0.4 is 10.6 Å². The number of nitrogens with one attached hydrogen (secondary N) is 2. The van der Waals surface area contributed by atoms with Crippen LogP contribution in [0.4, 0.5) is 0 Å². The molecule has 2 N–H and O–H groups in total. The fraction of sp³-hybridized carbons (Fsp3) is 0.381. The Balaban J connectivity index is 1.47. The fourth-order valence-electron chi connectivity index (χ4n) is 3.78. The highest BCUT2D eigenvalue weighted by molar-refractivity contribution is 6.02. The number of hydrogen-bond acceptors (Lipinski definition) is 4. The molecule has 0 radical (unpaired) electrons. The summed E-state index contributed by atoms with van der Waals surface area (Å²) in [5.41, 5.74) is 3.99. The molecular weight excluding hydrogens is 340 g/mol. The van der Waals surface area contributed by atoms with E-state index in [2.05, 4.69) is 20.6 Å². The van der Waals surface area contributed by atoms with Crippen LogP contribution in [0.25, 0.3) is 0 Å². The second-order valence-corrected chi connectivity index (χ2v) is 6.94. The van der Waals surface area contributed by atoms with Crippen molar-refractivity contribution < 1.29 is 9.53 Å². The number of amides is 1. The molecule has 0 saturated carbocycles. The molecule has 1 amide bonds. The number of carbonyl (C=O) groups is 1. The Morgan fingerprint density at radius 1 is 1.41 bits per heavy atom. The van der Waals surface area contributed by atoms with Crippen LogP contribution in [0.3, 0.4) is 0 Å². The lowest BCUT2D eigenvalue weighted by Gasteiger charge is -2.24. The molecule has 0 spiro atoms. The normalized spacial score (nSPS) is 20.9. The van der Waals surface area contributed by atoms with Crippen LogP contribution in [-0.4, -0.2) is 36.5 Å². The van der Waals surface area contributed by atoms with E-state index in [0.29, 0.717) is 0 Å². The summed E-state index contributed by atoms with van der Waals surface area (Å²) in [6.07, 6.45) is 4.07. The molecule has 2 atom stereocenters. The molecule has 4 rings (SSSR count). The zero-order valence-electron chi connectivity index (χ0n) is 15.4. The summed E-state index contributed by atoms with van der Waals surface area (Å²) < 4.78 is 5.85. The van der Waals surface area contributed by atoms with Gasteiger partial charge in [-0.15, -0.1) is 0 Å². The molecule has 1 aromatic heterocycles. The van der Waals surface area contributed by atoms with Crippen molar-refractivity contribution in [2.75, 3.05) is 13.7 Å². The Bertz CT molecular complexity index is 845. The molecule has 0 unspecified atom stereocenters. The molecule has 0 bridgehead atoms. The molecule has 2 aliphatic rings. The van der Waals surface area contributed by atoms with Crippen molar-refractivity contribution in [1.29, 1.82) is 0 Å². The van der Waals surface area contributed by atoms with Crippen molar-refractivity contribution in [2.24, 2.45) is 4.99 Å². The number of fused-ring (bicyclic) bond motifs is 1. The Morgan fingerprint density at radius 3 is 3.00 bits per heavy atom. The van der Waals surface area contributed by atoms with Crippen molar-refractivity contribution in [2.45, 2.75) is 38.0 Å². The minimum absolute atomic E-state index is 0.0249. The van der Waals surface area contributed by atoms with Gasteiger partial charge in [0.2, 0.25) is 5.91 Å². The van der Waals surface area contributed by atoms with Gasteiger partial charge < -0.3 is 15.4 Å². The van der Waals surface area contributed by atoms with Gasteiger partial charge in [0.05, 0.1) is 24.3 Å². The number of ether oxygens (including phenoxy) is 1. The largest absolute Gasteiger partial charge is 0.376 e. The van der Waals surface area contributed by atoms with Crippen LogP contribution in [0.2, 0.25) is 0 Å². The summed E-state index contributed by atoms with van der Waals surface area (Å²) in [5.74, 6) is 0.818. The van der Waals surface area contributed by atoms with Gasteiger partial charge in [0.25, 0.3) is 0 Å². The van der Waals surface area contributed by atoms with E-state index in [0.717, 1.165) is 54.2 Å². The Morgan fingerprint density at radius 2 is 2.26 bits per heavy atom. The first-order valence-electron chi connectivity index (χ1n) is 9.39. The molecule has 2 aliphatic heterocycles. The number of nitrogens with zero attached hydrogens (tertiary/aromatic N) is 2. The van der Waals surface area contributed by atoms with E-state index in [-0.39, 0.29) is 24.5 Å². The van der Waals surface area contributed by atoms with Crippen molar-refractivity contribution in [3.63, 3.8) is 0 Å². The van der Waals surface area contributed by atoms with Gasteiger partial charge >= 0.3 is 0 Å².